The highest BCUT2D eigenvalue weighted by Gasteiger charge is 2.26. The number of benzene rings is 2. The molecule has 3 aromatic rings. The minimum atomic E-state index is -3.59. The van der Waals surface area contributed by atoms with Gasteiger partial charge in [-0.25, -0.2) is 13.1 Å². The van der Waals surface area contributed by atoms with E-state index in [4.69, 9.17) is 11.6 Å². The molecule has 2 aromatic carbocycles. The standard InChI is InChI=1S/C21H21ClN2O2S2/c22-19-5-7-20(8-6-19)28(25,26)23-13-21(18-10-12-27-15-18)24-11-9-16-3-1-2-4-17(16)14-24/h1-8,10,12,15,21,23H,9,11,13-14H2/t21-/m0/s1. The Labute approximate surface area is 174 Å². The Morgan fingerprint density at radius 2 is 1.82 bits per heavy atom. The third kappa shape index (κ3) is 4.31. The molecular formula is C21H21ClN2O2S2. The third-order valence-corrected chi connectivity index (χ3v) is 7.51. The van der Waals surface area contributed by atoms with Gasteiger partial charge in [0.25, 0.3) is 0 Å². The van der Waals surface area contributed by atoms with Crippen LogP contribution in [0.3, 0.4) is 0 Å². The molecule has 1 aromatic heterocycles. The van der Waals surface area contributed by atoms with Crippen molar-refractivity contribution in [2.45, 2.75) is 23.9 Å². The average molecular weight is 433 g/mol. The maximum atomic E-state index is 12.7. The van der Waals surface area contributed by atoms with Gasteiger partial charge in [0.05, 0.1) is 4.90 Å². The molecule has 1 N–H and O–H groups in total. The van der Waals surface area contributed by atoms with Crippen LogP contribution in [-0.4, -0.2) is 26.4 Å². The Balaban J connectivity index is 1.54. The lowest BCUT2D eigenvalue weighted by molar-refractivity contribution is 0.181. The molecule has 0 radical (unpaired) electrons. The smallest absolute Gasteiger partial charge is 0.240 e. The lowest BCUT2D eigenvalue weighted by Gasteiger charge is -2.35. The normalized spacial score (nSPS) is 15.9. The predicted octanol–water partition coefficient (Wildman–Crippen LogP) is 4.48. The summed E-state index contributed by atoms with van der Waals surface area (Å²) in [5, 5.41) is 4.65. The van der Waals surface area contributed by atoms with Gasteiger partial charge >= 0.3 is 0 Å². The van der Waals surface area contributed by atoms with E-state index in [1.807, 2.05) is 5.38 Å². The lowest BCUT2D eigenvalue weighted by Crippen LogP contribution is -2.40. The molecule has 2 heterocycles. The van der Waals surface area contributed by atoms with Crippen molar-refractivity contribution in [2.75, 3.05) is 13.1 Å². The quantitative estimate of drug-likeness (QED) is 0.624. The summed E-state index contributed by atoms with van der Waals surface area (Å²) in [5.41, 5.74) is 3.84. The summed E-state index contributed by atoms with van der Waals surface area (Å²) >= 11 is 7.51. The van der Waals surface area contributed by atoms with Crippen LogP contribution in [0.25, 0.3) is 0 Å². The van der Waals surface area contributed by atoms with Gasteiger partial charge in [0.15, 0.2) is 0 Å². The van der Waals surface area contributed by atoms with Crippen LogP contribution >= 0.6 is 22.9 Å². The second-order valence-electron chi connectivity index (χ2n) is 6.87. The van der Waals surface area contributed by atoms with E-state index < -0.39 is 10.0 Å². The van der Waals surface area contributed by atoms with Gasteiger partial charge < -0.3 is 0 Å². The molecule has 0 amide bonds. The summed E-state index contributed by atoms with van der Waals surface area (Å²) in [6.45, 7) is 2.05. The van der Waals surface area contributed by atoms with Crippen LogP contribution in [0.2, 0.25) is 5.02 Å². The minimum absolute atomic E-state index is 0.0123. The molecule has 0 fully saturated rings. The second kappa shape index (κ2) is 8.35. The molecule has 0 unspecified atom stereocenters. The van der Waals surface area contributed by atoms with Gasteiger partial charge in [-0.1, -0.05) is 35.9 Å². The first-order valence-corrected chi connectivity index (χ1v) is 11.9. The van der Waals surface area contributed by atoms with Crippen LogP contribution in [0.5, 0.6) is 0 Å². The maximum absolute atomic E-state index is 12.7. The van der Waals surface area contributed by atoms with Crippen molar-refractivity contribution in [3.05, 3.63) is 87.1 Å². The first kappa shape index (κ1) is 19.6. The molecule has 4 nitrogen and oxygen atoms in total. The number of hydrogen-bond acceptors (Lipinski definition) is 4. The number of halogens is 1. The number of fused-ring (bicyclic) bond motifs is 1. The molecule has 146 valence electrons. The summed E-state index contributed by atoms with van der Waals surface area (Å²) < 4.78 is 28.3. The number of hydrogen-bond donors (Lipinski definition) is 1. The molecule has 1 aliphatic rings. The summed E-state index contributed by atoms with van der Waals surface area (Å²) in [5.74, 6) is 0. The Hall–Kier alpha value is -1.70. The van der Waals surface area contributed by atoms with Crippen molar-refractivity contribution in [3.63, 3.8) is 0 Å². The Morgan fingerprint density at radius 1 is 1.07 bits per heavy atom. The van der Waals surface area contributed by atoms with Crippen molar-refractivity contribution >= 4 is 33.0 Å². The summed E-state index contributed by atoms with van der Waals surface area (Å²) in [4.78, 5) is 2.58. The molecule has 28 heavy (non-hydrogen) atoms. The Morgan fingerprint density at radius 3 is 2.54 bits per heavy atom. The molecule has 0 aliphatic carbocycles. The van der Waals surface area contributed by atoms with E-state index in [0.29, 0.717) is 11.6 Å². The molecule has 7 heteroatoms. The largest absolute Gasteiger partial charge is 0.290 e. The minimum Gasteiger partial charge on any atom is -0.290 e. The molecule has 1 atom stereocenters. The number of nitrogens with zero attached hydrogens (tertiary/aromatic N) is 1. The second-order valence-corrected chi connectivity index (χ2v) is 9.85. The number of nitrogens with one attached hydrogen (secondary N) is 1. The fourth-order valence-electron chi connectivity index (χ4n) is 3.59. The van der Waals surface area contributed by atoms with Crippen molar-refractivity contribution in [1.82, 2.24) is 9.62 Å². The zero-order valence-electron chi connectivity index (χ0n) is 15.2. The van der Waals surface area contributed by atoms with Crippen LogP contribution in [-0.2, 0) is 23.0 Å². The SMILES string of the molecule is O=S(=O)(NC[C@@H](c1ccsc1)N1CCc2ccccc2C1)c1ccc(Cl)cc1. The summed E-state index contributed by atoms with van der Waals surface area (Å²) in [6.07, 6.45) is 0.973. The van der Waals surface area contributed by atoms with Crippen LogP contribution in [0.4, 0.5) is 0 Å². The lowest BCUT2D eigenvalue weighted by atomic mass is 9.97. The van der Waals surface area contributed by atoms with Crippen molar-refractivity contribution in [1.29, 1.82) is 0 Å². The van der Waals surface area contributed by atoms with E-state index in [9.17, 15) is 8.42 Å². The van der Waals surface area contributed by atoms with Gasteiger partial charge in [-0.15, -0.1) is 0 Å². The summed E-state index contributed by atoms with van der Waals surface area (Å²) in [7, 11) is -3.59. The summed E-state index contributed by atoms with van der Waals surface area (Å²) in [6, 6.07) is 16.8. The monoisotopic (exact) mass is 432 g/mol. The Bertz CT molecular complexity index is 1030. The first-order chi connectivity index (χ1) is 13.5. The van der Waals surface area contributed by atoms with Gasteiger partial charge in [0.1, 0.15) is 0 Å². The number of sulfonamides is 1. The van der Waals surface area contributed by atoms with Gasteiger partial charge in [-0.2, -0.15) is 11.3 Å². The predicted molar refractivity (Wildman–Crippen MR) is 114 cm³/mol. The Kier molecular flexibility index (Phi) is 5.85. The molecular weight excluding hydrogens is 412 g/mol. The van der Waals surface area contributed by atoms with Gasteiger partial charge in [-0.05, 0) is 64.2 Å². The van der Waals surface area contributed by atoms with E-state index in [2.05, 4.69) is 45.3 Å². The van der Waals surface area contributed by atoms with Crippen molar-refractivity contribution < 1.29 is 8.42 Å². The zero-order valence-corrected chi connectivity index (χ0v) is 17.6. The maximum Gasteiger partial charge on any atom is 0.240 e. The van der Waals surface area contributed by atoms with E-state index in [1.54, 1.807) is 23.5 Å². The molecule has 1 aliphatic heterocycles. The van der Waals surface area contributed by atoms with Gasteiger partial charge in [-0.3, -0.25) is 4.90 Å². The third-order valence-electron chi connectivity index (χ3n) is 5.12. The first-order valence-electron chi connectivity index (χ1n) is 9.11. The van der Waals surface area contributed by atoms with Gasteiger partial charge in [0.2, 0.25) is 10.0 Å². The molecule has 0 spiro atoms. The molecule has 0 bridgehead atoms. The highest BCUT2D eigenvalue weighted by Crippen LogP contribution is 2.29. The number of thiophene rings is 1. The fraction of sp³-hybridized carbons (Fsp3) is 0.238. The number of rotatable bonds is 6. The zero-order chi connectivity index (χ0) is 19.6. The van der Waals surface area contributed by atoms with E-state index in [1.165, 1.54) is 23.3 Å². The molecule has 4 rings (SSSR count). The topological polar surface area (TPSA) is 49.4 Å². The highest BCUT2D eigenvalue weighted by atomic mass is 35.5. The van der Waals surface area contributed by atoms with E-state index in [-0.39, 0.29) is 10.9 Å². The van der Waals surface area contributed by atoms with Crippen molar-refractivity contribution in [2.24, 2.45) is 0 Å². The average Bonchev–Trinajstić information content (AvgIpc) is 3.23. The van der Waals surface area contributed by atoms with Crippen molar-refractivity contribution in [3.8, 4) is 0 Å². The van der Waals surface area contributed by atoms with E-state index in [0.717, 1.165) is 25.1 Å². The molecule has 0 saturated heterocycles. The van der Waals surface area contributed by atoms with E-state index >= 15 is 0 Å². The highest BCUT2D eigenvalue weighted by molar-refractivity contribution is 7.89. The van der Waals surface area contributed by atoms with Crippen LogP contribution in [0.1, 0.15) is 22.7 Å². The van der Waals surface area contributed by atoms with Crippen LogP contribution in [0.15, 0.2) is 70.3 Å². The fourth-order valence-corrected chi connectivity index (χ4v) is 5.46. The van der Waals surface area contributed by atoms with Gasteiger partial charge in [0, 0.05) is 30.7 Å². The van der Waals surface area contributed by atoms with Crippen LogP contribution in [0, 0.1) is 0 Å². The molecule has 0 saturated carbocycles. The van der Waals surface area contributed by atoms with Crippen LogP contribution < -0.4 is 4.72 Å².